The van der Waals surface area contributed by atoms with E-state index in [1.807, 2.05) is 0 Å². The van der Waals surface area contributed by atoms with E-state index in [9.17, 15) is 18.0 Å². The number of ether oxygens (including phenoxy) is 1. The lowest BCUT2D eigenvalue weighted by atomic mass is 10.5. The molecule has 0 fully saturated rings. The molecule has 0 aliphatic carbocycles. The molecule has 0 aliphatic heterocycles. The topological polar surface area (TPSA) is 131 Å². The number of aromatic nitrogens is 1. The van der Waals surface area contributed by atoms with Crippen LogP contribution in [0.1, 0.15) is 0 Å². The van der Waals surface area contributed by atoms with Crippen LogP contribution >= 0.6 is 0 Å². The van der Waals surface area contributed by atoms with Gasteiger partial charge in [-0.15, -0.1) is 0 Å². The number of H-pyrrole nitrogens is 1. The number of aromatic amines is 1. The SMILES string of the molecule is NC(=O)COCCNS(=O)(=O)c1ccc(=O)[nH]c1. The van der Waals surface area contributed by atoms with Crippen LogP contribution in [0.3, 0.4) is 0 Å². The molecule has 8 nitrogen and oxygen atoms in total. The van der Waals surface area contributed by atoms with E-state index < -0.39 is 21.5 Å². The number of nitrogens with two attached hydrogens (primary N) is 1. The Morgan fingerprint density at radius 3 is 2.72 bits per heavy atom. The molecule has 0 aromatic carbocycles. The largest absolute Gasteiger partial charge is 0.370 e. The molecule has 100 valence electrons. The van der Waals surface area contributed by atoms with Crippen molar-refractivity contribution in [3.05, 3.63) is 28.7 Å². The summed E-state index contributed by atoms with van der Waals surface area (Å²) in [6, 6.07) is 2.30. The summed E-state index contributed by atoms with van der Waals surface area (Å²) in [5.41, 5.74) is 4.44. The Bertz CT molecular complexity index is 545. The molecule has 1 aromatic rings. The maximum Gasteiger partial charge on any atom is 0.247 e. The van der Waals surface area contributed by atoms with Crippen LogP contribution in [-0.2, 0) is 19.6 Å². The van der Waals surface area contributed by atoms with Gasteiger partial charge in [-0.3, -0.25) is 9.59 Å². The molecular formula is C9H13N3O5S. The van der Waals surface area contributed by atoms with Gasteiger partial charge in [0.25, 0.3) is 0 Å². The first-order chi connectivity index (χ1) is 8.42. The zero-order valence-corrected chi connectivity index (χ0v) is 10.2. The van der Waals surface area contributed by atoms with Gasteiger partial charge in [-0.1, -0.05) is 0 Å². The van der Waals surface area contributed by atoms with Crippen LogP contribution < -0.4 is 16.0 Å². The highest BCUT2D eigenvalue weighted by atomic mass is 32.2. The highest BCUT2D eigenvalue weighted by Crippen LogP contribution is 2.02. The minimum absolute atomic E-state index is 0.00522. The normalized spacial score (nSPS) is 11.3. The van der Waals surface area contributed by atoms with Crippen molar-refractivity contribution in [2.75, 3.05) is 19.8 Å². The van der Waals surface area contributed by atoms with E-state index >= 15 is 0 Å². The Balaban J connectivity index is 2.48. The number of rotatable bonds is 7. The van der Waals surface area contributed by atoms with Crippen LogP contribution in [0, 0.1) is 0 Å². The van der Waals surface area contributed by atoms with Gasteiger partial charge >= 0.3 is 0 Å². The van der Waals surface area contributed by atoms with Crippen molar-refractivity contribution in [3.63, 3.8) is 0 Å². The number of carbonyl (C=O) groups excluding carboxylic acids is 1. The van der Waals surface area contributed by atoms with Gasteiger partial charge in [0.1, 0.15) is 6.61 Å². The first-order valence-electron chi connectivity index (χ1n) is 4.96. The van der Waals surface area contributed by atoms with Gasteiger partial charge in [0.05, 0.1) is 11.5 Å². The van der Waals surface area contributed by atoms with Crippen molar-refractivity contribution in [3.8, 4) is 0 Å². The van der Waals surface area contributed by atoms with E-state index in [-0.39, 0.29) is 24.7 Å². The number of hydrogen-bond acceptors (Lipinski definition) is 5. The van der Waals surface area contributed by atoms with Crippen LogP contribution in [0.25, 0.3) is 0 Å². The third-order valence-corrected chi connectivity index (χ3v) is 3.31. The summed E-state index contributed by atoms with van der Waals surface area (Å²) in [5.74, 6) is -0.626. The van der Waals surface area contributed by atoms with Crippen molar-refractivity contribution >= 4 is 15.9 Å². The molecule has 0 aliphatic rings. The number of hydrogen-bond donors (Lipinski definition) is 3. The third-order valence-electron chi connectivity index (χ3n) is 1.85. The summed E-state index contributed by atoms with van der Waals surface area (Å²) in [7, 11) is -3.69. The van der Waals surface area contributed by atoms with Crippen molar-refractivity contribution in [2.45, 2.75) is 4.90 Å². The predicted octanol–water partition coefficient (Wildman–Crippen LogP) is -1.84. The maximum absolute atomic E-state index is 11.7. The van der Waals surface area contributed by atoms with Crippen LogP contribution in [0.2, 0.25) is 0 Å². The summed E-state index contributed by atoms with van der Waals surface area (Å²) < 4.78 is 30.3. The van der Waals surface area contributed by atoms with E-state index in [2.05, 4.69) is 9.71 Å². The van der Waals surface area contributed by atoms with Gasteiger partial charge in [0.2, 0.25) is 21.5 Å². The molecule has 0 unspecified atom stereocenters. The molecule has 1 rings (SSSR count). The minimum atomic E-state index is -3.69. The molecule has 0 spiro atoms. The minimum Gasteiger partial charge on any atom is -0.370 e. The monoisotopic (exact) mass is 275 g/mol. The van der Waals surface area contributed by atoms with Gasteiger partial charge in [0.15, 0.2) is 0 Å². The second-order valence-corrected chi connectivity index (χ2v) is 5.07. The number of primary amides is 1. The molecule has 0 atom stereocenters. The lowest BCUT2D eigenvalue weighted by Gasteiger charge is -2.06. The lowest BCUT2D eigenvalue weighted by Crippen LogP contribution is -2.29. The summed E-state index contributed by atoms with van der Waals surface area (Å²) in [6.45, 7) is -0.249. The van der Waals surface area contributed by atoms with Crippen LogP contribution in [0.4, 0.5) is 0 Å². The molecule has 0 saturated carbocycles. The number of pyridine rings is 1. The van der Waals surface area contributed by atoms with Gasteiger partial charge < -0.3 is 15.5 Å². The first kappa shape index (κ1) is 14.4. The summed E-state index contributed by atoms with van der Waals surface area (Å²) in [5, 5.41) is 0. The fraction of sp³-hybridized carbons (Fsp3) is 0.333. The molecule has 18 heavy (non-hydrogen) atoms. The Kier molecular flexibility index (Phi) is 5.01. The summed E-state index contributed by atoms with van der Waals surface area (Å²) in [4.78, 5) is 23.3. The Morgan fingerprint density at radius 1 is 1.44 bits per heavy atom. The van der Waals surface area contributed by atoms with E-state index in [0.29, 0.717) is 0 Å². The molecule has 1 heterocycles. The highest BCUT2D eigenvalue weighted by molar-refractivity contribution is 7.89. The molecule has 1 aromatic heterocycles. The molecule has 0 saturated heterocycles. The van der Waals surface area contributed by atoms with E-state index in [1.54, 1.807) is 0 Å². The predicted molar refractivity (Wildman–Crippen MR) is 62.3 cm³/mol. The molecular weight excluding hydrogens is 262 g/mol. The van der Waals surface area contributed by atoms with Gasteiger partial charge in [-0.05, 0) is 6.07 Å². The fourth-order valence-corrected chi connectivity index (χ4v) is 2.05. The summed E-state index contributed by atoms with van der Waals surface area (Å²) in [6.07, 6.45) is 1.09. The zero-order valence-electron chi connectivity index (χ0n) is 9.38. The van der Waals surface area contributed by atoms with Crippen molar-refractivity contribution in [2.24, 2.45) is 5.73 Å². The first-order valence-corrected chi connectivity index (χ1v) is 6.44. The van der Waals surface area contributed by atoms with E-state index in [0.717, 1.165) is 12.3 Å². The van der Waals surface area contributed by atoms with Crippen molar-refractivity contribution < 1.29 is 17.9 Å². The number of carbonyl (C=O) groups is 1. The summed E-state index contributed by atoms with van der Waals surface area (Å²) >= 11 is 0. The number of nitrogens with one attached hydrogen (secondary N) is 2. The number of sulfonamides is 1. The second kappa shape index (κ2) is 6.28. The molecule has 4 N–H and O–H groups in total. The molecule has 0 radical (unpaired) electrons. The van der Waals surface area contributed by atoms with Gasteiger partial charge in [0, 0.05) is 18.8 Å². The molecule has 9 heteroatoms. The standard InChI is InChI=1S/C9H13N3O5S/c10-8(13)6-17-4-3-12-18(15,16)7-1-2-9(14)11-5-7/h1-2,5,12H,3-4,6H2,(H2,10,13)(H,11,14). The second-order valence-electron chi connectivity index (χ2n) is 3.31. The van der Waals surface area contributed by atoms with Gasteiger partial charge in [-0.2, -0.15) is 0 Å². The average molecular weight is 275 g/mol. The Labute approximate surface area is 103 Å². The average Bonchev–Trinajstić information content (AvgIpc) is 2.28. The third kappa shape index (κ3) is 4.65. The van der Waals surface area contributed by atoms with Crippen molar-refractivity contribution in [1.29, 1.82) is 0 Å². The smallest absolute Gasteiger partial charge is 0.247 e. The van der Waals surface area contributed by atoms with Crippen LogP contribution in [0.5, 0.6) is 0 Å². The fourth-order valence-electron chi connectivity index (χ4n) is 1.07. The lowest BCUT2D eigenvalue weighted by molar-refractivity contribution is -0.122. The van der Waals surface area contributed by atoms with Gasteiger partial charge in [-0.25, -0.2) is 13.1 Å². The zero-order chi connectivity index (χ0) is 13.6. The van der Waals surface area contributed by atoms with Crippen LogP contribution in [-0.4, -0.2) is 39.1 Å². The Hall–Kier alpha value is -1.71. The van der Waals surface area contributed by atoms with E-state index in [4.69, 9.17) is 10.5 Å². The number of amides is 1. The van der Waals surface area contributed by atoms with Crippen molar-refractivity contribution in [1.82, 2.24) is 9.71 Å². The molecule has 0 bridgehead atoms. The van der Waals surface area contributed by atoms with Crippen LogP contribution in [0.15, 0.2) is 28.0 Å². The highest BCUT2D eigenvalue weighted by Gasteiger charge is 2.12. The van der Waals surface area contributed by atoms with E-state index in [1.165, 1.54) is 6.07 Å². The molecule has 1 amide bonds. The Morgan fingerprint density at radius 2 is 2.17 bits per heavy atom. The maximum atomic E-state index is 11.7. The quantitative estimate of drug-likeness (QED) is 0.503.